The van der Waals surface area contributed by atoms with Crippen LogP contribution in [-0.2, 0) is 9.59 Å². The minimum absolute atomic E-state index is 0.0730. The van der Waals surface area contributed by atoms with Crippen molar-refractivity contribution in [1.29, 1.82) is 0 Å². The molecule has 6 nitrogen and oxygen atoms in total. The van der Waals surface area contributed by atoms with Gasteiger partial charge < -0.3 is 15.4 Å². The lowest BCUT2D eigenvalue weighted by atomic mass is 10.3. The van der Waals surface area contributed by atoms with Crippen molar-refractivity contribution >= 4 is 46.7 Å². The minimum atomic E-state index is -0.331. The van der Waals surface area contributed by atoms with Crippen LogP contribution in [0.1, 0.15) is 6.92 Å². The fourth-order valence-corrected chi connectivity index (χ4v) is 3.39. The second-order valence-corrected chi connectivity index (χ2v) is 8.14. The third-order valence-electron chi connectivity index (χ3n) is 3.91. The smallest absolute Gasteiger partial charge is 0.262 e. The van der Waals surface area contributed by atoms with E-state index in [9.17, 15) is 9.59 Å². The van der Waals surface area contributed by atoms with Crippen molar-refractivity contribution in [2.75, 3.05) is 17.2 Å². The van der Waals surface area contributed by atoms with Crippen LogP contribution in [0, 0.1) is 0 Å². The zero-order valence-corrected chi connectivity index (χ0v) is 17.7. The van der Waals surface area contributed by atoms with Crippen LogP contribution in [0.3, 0.4) is 0 Å². The molecule has 1 unspecified atom stereocenters. The molecule has 154 valence electrons. The summed E-state index contributed by atoms with van der Waals surface area (Å²) < 4.78 is 5.43. The van der Waals surface area contributed by atoms with E-state index < -0.39 is 0 Å². The Balaban J connectivity index is 1.46. The Labute approximate surface area is 184 Å². The molecule has 8 heteroatoms. The molecule has 2 amide bonds. The summed E-state index contributed by atoms with van der Waals surface area (Å²) in [4.78, 5) is 29.3. The summed E-state index contributed by atoms with van der Waals surface area (Å²) in [6.07, 6.45) is 1.48. The van der Waals surface area contributed by atoms with E-state index in [0.29, 0.717) is 22.3 Å². The number of aromatic nitrogens is 1. The number of halogens is 1. The van der Waals surface area contributed by atoms with Crippen LogP contribution in [0.25, 0.3) is 0 Å². The van der Waals surface area contributed by atoms with Gasteiger partial charge in [0.1, 0.15) is 11.6 Å². The van der Waals surface area contributed by atoms with E-state index in [0.717, 1.165) is 4.90 Å². The quantitative estimate of drug-likeness (QED) is 0.487. The number of carbonyl (C=O) groups excluding carboxylic acids is 2. The van der Waals surface area contributed by atoms with Gasteiger partial charge in [-0.3, -0.25) is 9.59 Å². The highest BCUT2D eigenvalue weighted by molar-refractivity contribution is 8.00. The zero-order valence-electron chi connectivity index (χ0n) is 16.2. The monoisotopic (exact) mass is 441 g/mol. The van der Waals surface area contributed by atoms with Gasteiger partial charge >= 0.3 is 0 Å². The van der Waals surface area contributed by atoms with Gasteiger partial charge in [-0.25, -0.2) is 4.98 Å². The van der Waals surface area contributed by atoms with Crippen LogP contribution >= 0.6 is 23.4 Å². The Morgan fingerprint density at radius 2 is 1.77 bits per heavy atom. The second kappa shape index (κ2) is 10.7. The minimum Gasteiger partial charge on any atom is -0.484 e. The molecule has 1 heterocycles. The number of thioether (sulfide) groups is 1. The summed E-state index contributed by atoms with van der Waals surface area (Å²) in [7, 11) is 0. The summed E-state index contributed by atoms with van der Waals surface area (Å²) >= 11 is 7.20. The molecule has 0 saturated heterocycles. The van der Waals surface area contributed by atoms with Crippen LogP contribution in [0.15, 0.2) is 77.8 Å². The molecule has 0 radical (unpaired) electrons. The predicted molar refractivity (Wildman–Crippen MR) is 120 cm³/mol. The fourth-order valence-electron chi connectivity index (χ4n) is 2.41. The first-order chi connectivity index (χ1) is 14.5. The summed E-state index contributed by atoms with van der Waals surface area (Å²) in [6, 6.07) is 19.7. The maximum Gasteiger partial charge on any atom is 0.262 e. The standard InChI is InChI=1S/C22H20ClN3O3S/c1-15(22(28)26-20-12-7-16(23)13-24-20)30-19-10-8-17(9-11-19)25-21(27)14-29-18-5-3-2-4-6-18/h2-13,15H,14H2,1H3,(H,25,27)(H,24,26,28). The van der Waals surface area contributed by atoms with Crippen molar-refractivity contribution in [2.24, 2.45) is 0 Å². The number of hydrogen-bond acceptors (Lipinski definition) is 5. The Morgan fingerprint density at radius 3 is 2.43 bits per heavy atom. The van der Waals surface area contributed by atoms with Crippen molar-refractivity contribution in [3.8, 4) is 5.75 Å². The molecule has 1 aromatic heterocycles. The molecule has 0 bridgehead atoms. The van der Waals surface area contributed by atoms with Gasteiger partial charge in [0, 0.05) is 16.8 Å². The van der Waals surface area contributed by atoms with E-state index in [1.54, 1.807) is 36.4 Å². The van der Waals surface area contributed by atoms with Crippen molar-refractivity contribution in [1.82, 2.24) is 4.98 Å². The number of nitrogens with zero attached hydrogens (tertiary/aromatic N) is 1. The number of amides is 2. The second-order valence-electron chi connectivity index (χ2n) is 6.29. The number of para-hydroxylation sites is 1. The number of anilines is 2. The van der Waals surface area contributed by atoms with E-state index in [-0.39, 0.29) is 23.7 Å². The Morgan fingerprint density at radius 1 is 1.03 bits per heavy atom. The van der Waals surface area contributed by atoms with Crippen LogP contribution in [0.2, 0.25) is 5.02 Å². The normalized spacial score (nSPS) is 11.4. The van der Waals surface area contributed by atoms with Gasteiger partial charge in [0.25, 0.3) is 5.91 Å². The zero-order chi connectivity index (χ0) is 21.3. The molecule has 30 heavy (non-hydrogen) atoms. The largest absolute Gasteiger partial charge is 0.484 e. The van der Waals surface area contributed by atoms with Gasteiger partial charge in [-0.05, 0) is 55.5 Å². The molecule has 0 aliphatic heterocycles. The number of ether oxygens (including phenoxy) is 1. The number of rotatable bonds is 8. The summed E-state index contributed by atoms with van der Waals surface area (Å²) in [5.74, 6) is 0.681. The topological polar surface area (TPSA) is 80.3 Å². The van der Waals surface area contributed by atoms with Crippen LogP contribution in [-0.4, -0.2) is 28.7 Å². The molecule has 3 aromatic rings. The Hall–Kier alpha value is -3.03. The molecule has 0 saturated carbocycles. The molecule has 0 spiro atoms. The van der Waals surface area contributed by atoms with Crippen molar-refractivity contribution in [2.45, 2.75) is 17.1 Å². The molecule has 2 aromatic carbocycles. The molecule has 2 N–H and O–H groups in total. The lowest BCUT2D eigenvalue weighted by molar-refractivity contribution is -0.118. The van der Waals surface area contributed by atoms with Gasteiger partial charge in [-0.2, -0.15) is 0 Å². The van der Waals surface area contributed by atoms with E-state index in [4.69, 9.17) is 16.3 Å². The van der Waals surface area contributed by atoms with E-state index in [1.807, 2.05) is 37.3 Å². The Kier molecular flexibility index (Phi) is 7.70. The van der Waals surface area contributed by atoms with Crippen molar-refractivity contribution in [3.63, 3.8) is 0 Å². The Bertz CT molecular complexity index is 983. The van der Waals surface area contributed by atoms with Gasteiger partial charge in [-0.1, -0.05) is 29.8 Å². The first kappa shape index (κ1) is 21.7. The summed E-state index contributed by atoms with van der Waals surface area (Å²) in [5.41, 5.74) is 0.656. The van der Waals surface area contributed by atoms with E-state index in [1.165, 1.54) is 18.0 Å². The van der Waals surface area contributed by atoms with Crippen LogP contribution in [0.5, 0.6) is 5.75 Å². The van der Waals surface area contributed by atoms with Crippen LogP contribution < -0.4 is 15.4 Å². The molecule has 0 aliphatic rings. The number of pyridine rings is 1. The van der Waals surface area contributed by atoms with Gasteiger partial charge in [0.05, 0.1) is 10.3 Å². The van der Waals surface area contributed by atoms with E-state index in [2.05, 4.69) is 15.6 Å². The highest BCUT2D eigenvalue weighted by atomic mass is 35.5. The molecular formula is C22H20ClN3O3S. The van der Waals surface area contributed by atoms with Gasteiger partial charge in [-0.15, -0.1) is 11.8 Å². The van der Waals surface area contributed by atoms with Crippen LogP contribution in [0.4, 0.5) is 11.5 Å². The third kappa shape index (κ3) is 6.79. The number of carbonyl (C=O) groups is 2. The van der Waals surface area contributed by atoms with E-state index >= 15 is 0 Å². The first-order valence-corrected chi connectivity index (χ1v) is 10.4. The SMILES string of the molecule is CC(Sc1ccc(NC(=O)COc2ccccc2)cc1)C(=O)Nc1ccc(Cl)cn1. The third-order valence-corrected chi connectivity index (χ3v) is 5.25. The molecule has 1 atom stereocenters. The predicted octanol–water partition coefficient (Wildman–Crippen LogP) is 4.87. The molecule has 3 rings (SSSR count). The molecule has 0 aliphatic carbocycles. The number of benzene rings is 2. The summed E-state index contributed by atoms with van der Waals surface area (Å²) in [5, 5.41) is 5.71. The lowest BCUT2D eigenvalue weighted by Gasteiger charge is -2.12. The molecule has 0 fully saturated rings. The maximum atomic E-state index is 12.3. The van der Waals surface area contributed by atoms with Gasteiger partial charge in [0.2, 0.25) is 5.91 Å². The highest BCUT2D eigenvalue weighted by Gasteiger charge is 2.15. The first-order valence-electron chi connectivity index (χ1n) is 9.16. The average Bonchev–Trinajstić information content (AvgIpc) is 2.76. The highest BCUT2D eigenvalue weighted by Crippen LogP contribution is 2.25. The maximum absolute atomic E-state index is 12.3. The summed E-state index contributed by atoms with van der Waals surface area (Å²) in [6.45, 7) is 1.74. The number of nitrogens with one attached hydrogen (secondary N) is 2. The fraction of sp³-hybridized carbons (Fsp3) is 0.136. The van der Waals surface area contributed by atoms with Crippen molar-refractivity contribution < 1.29 is 14.3 Å². The number of hydrogen-bond donors (Lipinski definition) is 2. The average molecular weight is 442 g/mol. The van der Waals surface area contributed by atoms with Gasteiger partial charge in [0.15, 0.2) is 6.61 Å². The lowest BCUT2D eigenvalue weighted by Crippen LogP contribution is -2.22. The molecular weight excluding hydrogens is 422 g/mol. The van der Waals surface area contributed by atoms with Crippen molar-refractivity contribution in [3.05, 3.63) is 77.9 Å².